The number of aliphatic carboxylic acids is 1. The molecule has 6 aromatic carbocycles. The van der Waals surface area contributed by atoms with E-state index in [2.05, 4.69) is 187 Å². The van der Waals surface area contributed by atoms with Crippen molar-refractivity contribution in [3.8, 4) is 0 Å². The molecule has 0 saturated carbocycles. The Kier molecular flexibility index (Phi) is 16.0. The zero-order valence-corrected chi connectivity index (χ0v) is 28.0. The van der Waals surface area contributed by atoms with Gasteiger partial charge in [0, 0.05) is 7.11 Å². The Morgan fingerprint density at radius 2 is 0.622 bits per heavy atom. The number of carboxylic acid groups (broad SMARTS) is 1. The second kappa shape index (κ2) is 20.2. The van der Waals surface area contributed by atoms with E-state index >= 15 is 0 Å². The van der Waals surface area contributed by atoms with Gasteiger partial charge in [0.1, 0.15) is 31.8 Å². The van der Waals surface area contributed by atoms with Crippen molar-refractivity contribution in [2.24, 2.45) is 0 Å². The average molecular weight is 679 g/mol. The summed E-state index contributed by atoms with van der Waals surface area (Å²) >= 11 is 0. The summed E-state index contributed by atoms with van der Waals surface area (Å²) in [6.45, 7) is -0.319. The standard InChI is InChI=1S/2C18H15P.C3H6O3.Cu/c2*1-4-10-16(11-5-1)19(17-12-6-2-7-13-17)18-14-8-3-9-15-18;1-6-2-3(4)5;/h2*1-15H;2H2,1H3,(H,4,5);/q;;;+1/p+1. The first-order valence-electron chi connectivity index (χ1n) is 14.4. The Morgan fingerprint density at radius 1 is 0.444 bits per heavy atom. The normalized spacial score (nSPS) is 10.0. The molecule has 0 bridgehead atoms. The Labute approximate surface area is 279 Å². The molecule has 0 N–H and O–H groups in total. The first-order valence-corrected chi connectivity index (χ1v) is 17.4. The van der Waals surface area contributed by atoms with E-state index in [1.165, 1.54) is 38.9 Å². The summed E-state index contributed by atoms with van der Waals surface area (Å²) in [6.07, 6.45) is 0. The van der Waals surface area contributed by atoms with Crippen LogP contribution in [0.5, 0.6) is 0 Å². The van der Waals surface area contributed by atoms with Gasteiger partial charge in [0.15, 0.2) is 0 Å². The van der Waals surface area contributed by atoms with Crippen LogP contribution in [-0.4, -0.2) is 19.7 Å². The number of benzene rings is 6. The minimum Gasteiger partial charge on any atom is -0.548 e. The monoisotopic (exact) mass is 678 g/mol. The topological polar surface area (TPSA) is 49.4 Å². The van der Waals surface area contributed by atoms with Crippen LogP contribution in [0, 0.1) is 0 Å². The van der Waals surface area contributed by atoms with Gasteiger partial charge in [0.05, 0.1) is 28.4 Å². The third-order valence-corrected chi connectivity index (χ3v) is 12.1. The van der Waals surface area contributed by atoms with E-state index in [0.717, 1.165) is 0 Å². The molecule has 0 saturated heterocycles. The number of rotatable bonds is 8. The van der Waals surface area contributed by atoms with Crippen LogP contribution in [0.4, 0.5) is 0 Å². The molecule has 6 aromatic rings. The molecule has 0 unspecified atom stereocenters. The molecule has 6 heteroatoms. The first kappa shape index (κ1) is 35.6. The third-order valence-electron chi connectivity index (χ3n) is 6.64. The summed E-state index contributed by atoms with van der Waals surface area (Å²) in [5.74, 6) is -1.18. The van der Waals surface area contributed by atoms with Crippen LogP contribution in [0.25, 0.3) is 0 Å². The fourth-order valence-electron chi connectivity index (χ4n) is 4.75. The number of hydrogen-bond acceptors (Lipinski definition) is 3. The van der Waals surface area contributed by atoms with E-state index in [0.29, 0.717) is 0 Å². The van der Waals surface area contributed by atoms with Crippen molar-refractivity contribution < 1.29 is 31.7 Å². The predicted molar refractivity (Wildman–Crippen MR) is 190 cm³/mol. The zero-order chi connectivity index (χ0) is 30.8. The zero-order valence-electron chi connectivity index (χ0n) is 25.1. The summed E-state index contributed by atoms with van der Waals surface area (Å²) in [7, 11) is -0.453. The van der Waals surface area contributed by atoms with Gasteiger partial charge < -0.3 is 14.6 Å². The van der Waals surface area contributed by atoms with Crippen molar-refractivity contribution in [2.45, 2.75) is 0 Å². The molecule has 0 radical (unpaired) electrons. The Bertz CT molecular complexity index is 1320. The minimum atomic E-state index is -1.18. The fraction of sp³-hybridized carbons (Fsp3) is 0.0513. The molecular weight excluding hydrogens is 642 g/mol. The first-order chi connectivity index (χ1) is 21.7. The quantitative estimate of drug-likeness (QED) is 0.173. The Hall–Kier alpha value is -3.87. The van der Waals surface area contributed by atoms with Gasteiger partial charge in [-0.15, -0.1) is 0 Å². The summed E-state index contributed by atoms with van der Waals surface area (Å²) in [5, 5.41) is 18.0. The SMILES string of the molecule is COCC(=O)[O-].[Cu+].c1ccc([PH+](c2ccccc2)c2ccccc2)cc1.c1ccc([PH+](c2ccccc2)c2ccccc2)cc1. The number of carboxylic acids is 1. The van der Waals surface area contributed by atoms with Gasteiger partial charge in [0.2, 0.25) is 0 Å². The molecular formula is C39H37CuO3P2+2. The summed E-state index contributed by atoms with van der Waals surface area (Å²) < 4.78 is 4.14. The molecule has 0 heterocycles. The van der Waals surface area contributed by atoms with E-state index in [-0.39, 0.29) is 23.7 Å². The molecule has 0 fully saturated rings. The Balaban J connectivity index is 0.000000205. The van der Waals surface area contributed by atoms with Crippen LogP contribution >= 0.6 is 15.8 Å². The summed E-state index contributed by atoms with van der Waals surface area (Å²) in [4.78, 5) is 9.36. The number of ether oxygens (including phenoxy) is 1. The number of carbonyl (C=O) groups is 1. The van der Waals surface area contributed by atoms with Gasteiger partial charge in [0.25, 0.3) is 0 Å². The van der Waals surface area contributed by atoms with Crippen LogP contribution < -0.4 is 36.9 Å². The number of carbonyl (C=O) groups excluding carboxylic acids is 1. The smallest absolute Gasteiger partial charge is 0.548 e. The largest absolute Gasteiger partial charge is 1.00 e. The molecule has 230 valence electrons. The molecule has 6 rings (SSSR count). The number of hydrogen-bond donors (Lipinski definition) is 0. The van der Waals surface area contributed by atoms with Crippen LogP contribution in [0.2, 0.25) is 0 Å². The number of methoxy groups -OCH3 is 1. The van der Waals surface area contributed by atoms with Crippen molar-refractivity contribution >= 4 is 53.6 Å². The molecule has 0 aliphatic carbocycles. The summed E-state index contributed by atoms with van der Waals surface area (Å²) in [5.41, 5.74) is 0. The molecule has 0 aliphatic heterocycles. The van der Waals surface area contributed by atoms with E-state index in [1.807, 2.05) is 0 Å². The average Bonchev–Trinajstić information content (AvgIpc) is 3.09. The van der Waals surface area contributed by atoms with Crippen molar-refractivity contribution in [1.29, 1.82) is 0 Å². The van der Waals surface area contributed by atoms with Crippen molar-refractivity contribution in [3.63, 3.8) is 0 Å². The maximum absolute atomic E-state index is 9.36. The van der Waals surface area contributed by atoms with Crippen LogP contribution in [-0.2, 0) is 26.6 Å². The molecule has 0 amide bonds. The van der Waals surface area contributed by atoms with Crippen LogP contribution in [0.3, 0.4) is 0 Å². The second-order valence-electron chi connectivity index (χ2n) is 9.75. The maximum atomic E-state index is 9.36. The maximum Gasteiger partial charge on any atom is 1.00 e. The Morgan fingerprint density at radius 3 is 0.733 bits per heavy atom. The van der Waals surface area contributed by atoms with Crippen molar-refractivity contribution in [3.05, 3.63) is 182 Å². The van der Waals surface area contributed by atoms with Gasteiger partial charge in [-0.3, -0.25) is 0 Å². The molecule has 0 aliphatic rings. The predicted octanol–water partition coefficient (Wildman–Crippen LogP) is 4.73. The van der Waals surface area contributed by atoms with E-state index in [9.17, 15) is 9.90 Å². The minimum absolute atomic E-state index is 0. The molecule has 0 aromatic heterocycles. The van der Waals surface area contributed by atoms with Crippen LogP contribution in [0.15, 0.2) is 182 Å². The molecule has 0 spiro atoms. The van der Waals surface area contributed by atoms with Crippen molar-refractivity contribution in [2.75, 3.05) is 13.7 Å². The van der Waals surface area contributed by atoms with Gasteiger partial charge in [-0.2, -0.15) is 0 Å². The summed E-state index contributed by atoms with van der Waals surface area (Å²) in [6, 6.07) is 65.0. The molecule has 45 heavy (non-hydrogen) atoms. The van der Waals surface area contributed by atoms with Crippen LogP contribution in [0.1, 0.15) is 0 Å². The third kappa shape index (κ3) is 11.5. The van der Waals surface area contributed by atoms with E-state index < -0.39 is 21.8 Å². The van der Waals surface area contributed by atoms with Gasteiger partial charge >= 0.3 is 17.1 Å². The van der Waals surface area contributed by atoms with E-state index in [1.54, 1.807) is 0 Å². The van der Waals surface area contributed by atoms with E-state index in [4.69, 9.17) is 0 Å². The van der Waals surface area contributed by atoms with Gasteiger partial charge in [-0.05, 0) is 72.8 Å². The molecule has 3 nitrogen and oxygen atoms in total. The van der Waals surface area contributed by atoms with Gasteiger partial charge in [-0.25, -0.2) is 0 Å². The van der Waals surface area contributed by atoms with Crippen molar-refractivity contribution in [1.82, 2.24) is 0 Å². The molecule has 0 atom stereocenters. The van der Waals surface area contributed by atoms with Gasteiger partial charge in [-0.1, -0.05) is 109 Å². The fourth-order valence-corrected chi connectivity index (χ4v) is 9.90. The second-order valence-corrected chi connectivity index (χ2v) is 14.7.